The van der Waals surface area contributed by atoms with Crippen LogP contribution in [0, 0.1) is 5.92 Å². The first kappa shape index (κ1) is 16.0. The van der Waals surface area contributed by atoms with Gasteiger partial charge in [0.25, 0.3) is 0 Å². The van der Waals surface area contributed by atoms with Gasteiger partial charge in [0.1, 0.15) is 0 Å². The maximum Gasteiger partial charge on any atom is 0.236 e. The molecule has 1 aliphatic rings. The van der Waals surface area contributed by atoms with Gasteiger partial charge in [0.2, 0.25) is 11.8 Å². The first-order chi connectivity index (χ1) is 9.02. The molecule has 1 aliphatic heterocycles. The third-order valence-electron chi connectivity index (χ3n) is 3.82. The topological polar surface area (TPSA) is 61.4 Å². The maximum absolute atomic E-state index is 12.0. The SMILES string of the molecule is CCC(C)NCC(=O)N1CCC(CNC(C)=O)CC1. The van der Waals surface area contributed by atoms with Gasteiger partial charge in [0.05, 0.1) is 6.54 Å². The van der Waals surface area contributed by atoms with Gasteiger partial charge >= 0.3 is 0 Å². The molecule has 2 amide bonds. The van der Waals surface area contributed by atoms with Crippen LogP contribution in [0.25, 0.3) is 0 Å². The highest BCUT2D eigenvalue weighted by atomic mass is 16.2. The second-order valence-electron chi connectivity index (χ2n) is 5.45. The van der Waals surface area contributed by atoms with Crippen molar-refractivity contribution in [1.82, 2.24) is 15.5 Å². The van der Waals surface area contributed by atoms with Crippen LogP contribution in [-0.4, -0.2) is 48.9 Å². The van der Waals surface area contributed by atoms with Crippen LogP contribution < -0.4 is 10.6 Å². The van der Waals surface area contributed by atoms with Crippen LogP contribution in [0.5, 0.6) is 0 Å². The molecule has 0 saturated carbocycles. The molecule has 0 bridgehead atoms. The van der Waals surface area contributed by atoms with Gasteiger partial charge in [0, 0.05) is 32.6 Å². The molecule has 2 N–H and O–H groups in total. The maximum atomic E-state index is 12.0. The molecule has 1 fully saturated rings. The largest absolute Gasteiger partial charge is 0.356 e. The van der Waals surface area contributed by atoms with E-state index in [9.17, 15) is 9.59 Å². The van der Waals surface area contributed by atoms with E-state index in [2.05, 4.69) is 24.5 Å². The number of hydrogen-bond donors (Lipinski definition) is 2. The molecule has 5 nitrogen and oxygen atoms in total. The lowest BCUT2D eigenvalue weighted by Gasteiger charge is -2.32. The number of amides is 2. The zero-order valence-electron chi connectivity index (χ0n) is 12.4. The molecule has 1 heterocycles. The number of rotatable bonds is 6. The Labute approximate surface area is 116 Å². The highest BCUT2D eigenvalue weighted by Gasteiger charge is 2.22. The minimum Gasteiger partial charge on any atom is -0.356 e. The standard InChI is InChI=1S/C14H27N3O2/c1-4-11(2)15-10-14(19)17-7-5-13(6-8-17)9-16-12(3)18/h11,13,15H,4-10H2,1-3H3,(H,16,18). The third-order valence-corrected chi connectivity index (χ3v) is 3.82. The number of likely N-dealkylation sites (tertiary alicyclic amines) is 1. The Balaban J connectivity index is 2.21. The van der Waals surface area contributed by atoms with Gasteiger partial charge in [-0.3, -0.25) is 9.59 Å². The van der Waals surface area contributed by atoms with E-state index in [0.717, 1.165) is 38.9 Å². The molecule has 0 aliphatic carbocycles. The summed E-state index contributed by atoms with van der Waals surface area (Å²) in [5, 5.41) is 6.08. The zero-order valence-corrected chi connectivity index (χ0v) is 12.4. The minimum absolute atomic E-state index is 0.0243. The molecular formula is C14H27N3O2. The minimum atomic E-state index is 0.0243. The molecule has 0 aromatic heterocycles. The first-order valence-corrected chi connectivity index (χ1v) is 7.28. The Kier molecular flexibility index (Phi) is 6.84. The van der Waals surface area contributed by atoms with Crippen LogP contribution in [0.1, 0.15) is 40.0 Å². The van der Waals surface area contributed by atoms with Crippen molar-refractivity contribution < 1.29 is 9.59 Å². The monoisotopic (exact) mass is 269 g/mol. The lowest BCUT2D eigenvalue weighted by Crippen LogP contribution is -2.45. The predicted molar refractivity (Wildman–Crippen MR) is 75.7 cm³/mol. The summed E-state index contributed by atoms with van der Waals surface area (Å²) in [5.74, 6) is 0.727. The summed E-state index contributed by atoms with van der Waals surface area (Å²) in [4.78, 5) is 24.8. The van der Waals surface area contributed by atoms with E-state index in [1.54, 1.807) is 6.92 Å². The Morgan fingerprint density at radius 2 is 1.95 bits per heavy atom. The average Bonchev–Trinajstić information content (AvgIpc) is 2.42. The van der Waals surface area contributed by atoms with Crippen LogP contribution in [0.3, 0.4) is 0 Å². The smallest absolute Gasteiger partial charge is 0.236 e. The summed E-state index contributed by atoms with van der Waals surface area (Å²) < 4.78 is 0. The van der Waals surface area contributed by atoms with Crippen molar-refractivity contribution in [3.05, 3.63) is 0 Å². The Hall–Kier alpha value is -1.10. The summed E-state index contributed by atoms with van der Waals surface area (Å²) in [5.41, 5.74) is 0. The van der Waals surface area contributed by atoms with Crippen molar-refractivity contribution in [2.75, 3.05) is 26.2 Å². The van der Waals surface area contributed by atoms with Gasteiger partial charge in [0.15, 0.2) is 0 Å². The second kappa shape index (κ2) is 8.15. The van der Waals surface area contributed by atoms with Crippen LogP contribution >= 0.6 is 0 Å². The van der Waals surface area contributed by atoms with E-state index < -0.39 is 0 Å². The number of carbonyl (C=O) groups is 2. The Morgan fingerprint density at radius 3 is 2.47 bits per heavy atom. The summed E-state index contributed by atoms with van der Waals surface area (Å²) in [6.45, 7) is 8.53. The molecule has 1 rings (SSSR count). The summed E-state index contributed by atoms with van der Waals surface area (Å²) in [6, 6.07) is 0.390. The lowest BCUT2D eigenvalue weighted by atomic mass is 9.96. The van der Waals surface area contributed by atoms with Gasteiger partial charge in [-0.2, -0.15) is 0 Å². The van der Waals surface area contributed by atoms with Gasteiger partial charge < -0.3 is 15.5 Å². The fourth-order valence-electron chi connectivity index (χ4n) is 2.19. The molecule has 1 saturated heterocycles. The summed E-state index contributed by atoms with van der Waals surface area (Å²) >= 11 is 0. The summed E-state index contributed by atoms with van der Waals surface area (Å²) in [6.07, 6.45) is 3.00. The van der Waals surface area contributed by atoms with E-state index in [1.165, 1.54) is 0 Å². The van der Waals surface area contributed by atoms with Crippen molar-refractivity contribution in [2.24, 2.45) is 5.92 Å². The molecule has 1 atom stereocenters. The van der Waals surface area contributed by atoms with Crippen LogP contribution in [0.15, 0.2) is 0 Å². The van der Waals surface area contributed by atoms with E-state index in [-0.39, 0.29) is 11.8 Å². The molecule has 0 aromatic carbocycles. The van der Waals surface area contributed by atoms with Crippen molar-refractivity contribution in [2.45, 2.75) is 46.1 Å². The normalized spacial score (nSPS) is 18.2. The molecule has 0 aromatic rings. The average molecular weight is 269 g/mol. The van der Waals surface area contributed by atoms with E-state index in [1.807, 2.05) is 4.90 Å². The van der Waals surface area contributed by atoms with Crippen molar-refractivity contribution >= 4 is 11.8 Å². The van der Waals surface area contributed by atoms with Gasteiger partial charge in [-0.1, -0.05) is 6.92 Å². The molecule has 0 radical (unpaired) electrons. The van der Waals surface area contributed by atoms with Crippen LogP contribution in [0.2, 0.25) is 0 Å². The van der Waals surface area contributed by atoms with Crippen LogP contribution in [-0.2, 0) is 9.59 Å². The summed E-state index contributed by atoms with van der Waals surface area (Å²) in [7, 11) is 0. The van der Waals surface area contributed by atoms with Crippen molar-refractivity contribution in [3.63, 3.8) is 0 Å². The highest BCUT2D eigenvalue weighted by molar-refractivity contribution is 5.78. The fraction of sp³-hybridized carbons (Fsp3) is 0.857. The molecule has 1 unspecified atom stereocenters. The second-order valence-corrected chi connectivity index (χ2v) is 5.45. The quantitative estimate of drug-likeness (QED) is 0.748. The van der Waals surface area contributed by atoms with E-state index in [0.29, 0.717) is 18.5 Å². The molecule has 19 heavy (non-hydrogen) atoms. The van der Waals surface area contributed by atoms with Gasteiger partial charge in [-0.05, 0) is 32.1 Å². The zero-order chi connectivity index (χ0) is 14.3. The predicted octanol–water partition coefficient (Wildman–Crippen LogP) is 0.749. The Bertz CT molecular complexity index is 299. The van der Waals surface area contributed by atoms with E-state index in [4.69, 9.17) is 0 Å². The highest BCUT2D eigenvalue weighted by Crippen LogP contribution is 2.16. The number of carbonyl (C=O) groups excluding carboxylic acids is 2. The molecule has 0 spiro atoms. The van der Waals surface area contributed by atoms with Gasteiger partial charge in [-0.25, -0.2) is 0 Å². The van der Waals surface area contributed by atoms with Crippen molar-refractivity contribution in [1.29, 1.82) is 0 Å². The lowest BCUT2D eigenvalue weighted by molar-refractivity contribution is -0.132. The Morgan fingerprint density at radius 1 is 1.32 bits per heavy atom. The first-order valence-electron chi connectivity index (χ1n) is 7.28. The molecule has 5 heteroatoms. The van der Waals surface area contributed by atoms with E-state index >= 15 is 0 Å². The van der Waals surface area contributed by atoms with Gasteiger partial charge in [-0.15, -0.1) is 0 Å². The third kappa shape index (κ3) is 6.05. The van der Waals surface area contributed by atoms with Crippen molar-refractivity contribution in [3.8, 4) is 0 Å². The molecular weight excluding hydrogens is 242 g/mol. The number of nitrogens with zero attached hydrogens (tertiary/aromatic N) is 1. The molecule has 110 valence electrons. The number of nitrogens with one attached hydrogen (secondary N) is 2. The number of hydrogen-bond acceptors (Lipinski definition) is 3. The van der Waals surface area contributed by atoms with Crippen LogP contribution in [0.4, 0.5) is 0 Å². The fourth-order valence-corrected chi connectivity index (χ4v) is 2.19. The number of piperidine rings is 1.